The average Bonchev–Trinajstić information content (AvgIpc) is 3.04. The van der Waals surface area contributed by atoms with Gasteiger partial charge in [0, 0.05) is 24.2 Å². The van der Waals surface area contributed by atoms with Crippen LogP contribution >= 0.6 is 7.82 Å². The number of fused-ring (bicyclic) bond motifs is 1. The van der Waals surface area contributed by atoms with Crippen LogP contribution in [0.2, 0.25) is 0 Å². The van der Waals surface area contributed by atoms with Crippen molar-refractivity contribution in [2.45, 2.75) is 37.4 Å². The summed E-state index contributed by atoms with van der Waals surface area (Å²) in [6.07, 6.45) is -5.82. The van der Waals surface area contributed by atoms with Gasteiger partial charge in [-0.2, -0.15) is 0 Å². The molecule has 1 unspecified atom stereocenters. The lowest BCUT2D eigenvalue weighted by Gasteiger charge is -2.31. The number of phosphoric acid groups is 1. The Bertz CT molecular complexity index is 1110. The number of alkyl halides is 2. The van der Waals surface area contributed by atoms with Gasteiger partial charge >= 0.3 is 13.5 Å². The number of aliphatic hydroxyl groups excluding tert-OH is 1. The van der Waals surface area contributed by atoms with Gasteiger partial charge in [0.15, 0.2) is 11.8 Å². The Morgan fingerprint density at radius 2 is 2.10 bits per heavy atom. The van der Waals surface area contributed by atoms with Crippen LogP contribution in [0.3, 0.4) is 0 Å². The van der Waals surface area contributed by atoms with Gasteiger partial charge in [0.2, 0.25) is 0 Å². The highest BCUT2D eigenvalue weighted by Gasteiger charge is 2.55. The molecule has 0 bridgehead atoms. The van der Waals surface area contributed by atoms with Gasteiger partial charge in [-0.3, -0.25) is 23.4 Å². The minimum atomic E-state index is -4.22. The predicted octanol–water partition coefficient (Wildman–Crippen LogP) is 1.55. The van der Waals surface area contributed by atoms with Crippen LogP contribution in [-0.2, 0) is 25.0 Å². The SMILES string of the molecule is O=c1ccn([C@@H]2O[C@@](COP3(=O)OCc4ccccc4O3)(C(F)F)C[C@H]2O)c(=O)[nH]1. The van der Waals surface area contributed by atoms with E-state index in [1.54, 1.807) is 18.2 Å². The van der Waals surface area contributed by atoms with Crippen LogP contribution < -0.4 is 15.8 Å². The van der Waals surface area contributed by atoms with Crippen molar-refractivity contribution in [1.82, 2.24) is 9.55 Å². The number of ether oxygens (including phenoxy) is 1. The molecule has 0 amide bonds. The second kappa shape index (κ2) is 7.71. The standard InChI is InChI=1S/C17H17F2N2O8P/c18-15(19)17(7-11(22)14(28-17)21-6-5-13(23)20-16(21)24)9-27-30(25)26-8-10-3-1-2-4-12(10)29-30/h1-6,11,14-15,22H,7-9H2,(H,20,23,24)/t11-,14-,17+,30?/m1/s1. The molecule has 1 fully saturated rings. The number of hydrogen-bond acceptors (Lipinski definition) is 8. The van der Waals surface area contributed by atoms with Crippen molar-refractivity contribution in [3.05, 3.63) is 62.9 Å². The van der Waals surface area contributed by atoms with E-state index >= 15 is 0 Å². The molecule has 2 aromatic rings. The number of hydrogen-bond donors (Lipinski definition) is 2. The number of benzene rings is 1. The van der Waals surface area contributed by atoms with Crippen LogP contribution in [0.1, 0.15) is 18.2 Å². The first kappa shape index (κ1) is 20.9. The predicted molar refractivity (Wildman–Crippen MR) is 96.2 cm³/mol. The topological polar surface area (TPSA) is 129 Å². The van der Waals surface area contributed by atoms with E-state index in [9.17, 15) is 28.0 Å². The molecule has 1 aromatic heterocycles. The number of aromatic nitrogens is 2. The van der Waals surface area contributed by atoms with E-state index < -0.39 is 56.5 Å². The van der Waals surface area contributed by atoms with Crippen molar-refractivity contribution in [1.29, 1.82) is 0 Å². The molecule has 0 spiro atoms. The van der Waals surface area contributed by atoms with E-state index in [0.29, 0.717) is 5.56 Å². The third-order valence-corrected chi connectivity index (χ3v) is 6.10. The average molecular weight is 446 g/mol. The summed E-state index contributed by atoms with van der Waals surface area (Å²) in [7, 11) is -4.22. The summed E-state index contributed by atoms with van der Waals surface area (Å²) in [6, 6.07) is 7.56. The van der Waals surface area contributed by atoms with Crippen molar-refractivity contribution in [3.63, 3.8) is 0 Å². The Morgan fingerprint density at radius 3 is 2.83 bits per heavy atom. The second-order valence-corrected chi connectivity index (χ2v) is 8.45. The van der Waals surface area contributed by atoms with Crippen molar-refractivity contribution in [2.75, 3.05) is 6.61 Å². The lowest BCUT2D eigenvalue weighted by Crippen LogP contribution is -2.43. The molecule has 4 rings (SSSR count). The summed E-state index contributed by atoms with van der Waals surface area (Å²) < 4.78 is 62.1. The highest BCUT2D eigenvalue weighted by Crippen LogP contribution is 2.55. The monoisotopic (exact) mass is 446 g/mol. The molecule has 2 aliphatic rings. The van der Waals surface area contributed by atoms with Gasteiger partial charge in [-0.05, 0) is 6.07 Å². The molecule has 0 aliphatic carbocycles. The maximum atomic E-state index is 13.9. The zero-order valence-electron chi connectivity index (χ0n) is 15.3. The molecule has 30 heavy (non-hydrogen) atoms. The first-order chi connectivity index (χ1) is 14.2. The van der Waals surface area contributed by atoms with Gasteiger partial charge in [-0.1, -0.05) is 18.2 Å². The number of phosphoric ester groups is 1. The first-order valence-corrected chi connectivity index (χ1v) is 10.3. The van der Waals surface area contributed by atoms with Gasteiger partial charge in [-0.15, -0.1) is 0 Å². The van der Waals surface area contributed by atoms with E-state index in [1.807, 2.05) is 4.98 Å². The van der Waals surface area contributed by atoms with E-state index in [0.717, 1.165) is 16.8 Å². The molecule has 4 atom stereocenters. The van der Waals surface area contributed by atoms with Gasteiger partial charge < -0.3 is 14.4 Å². The summed E-state index contributed by atoms with van der Waals surface area (Å²) >= 11 is 0. The fourth-order valence-electron chi connectivity index (χ4n) is 3.25. The van der Waals surface area contributed by atoms with Crippen LogP contribution in [0.25, 0.3) is 0 Å². The minimum Gasteiger partial charge on any atom is -0.404 e. The van der Waals surface area contributed by atoms with Crippen molar-refractivity contribution >= 4 is 7.82 Å². The Labute approximate surface area is 167 Å². The van der Waals surface area contributed by atoms with Crippen molar-refractivity contribution < 1.29 is 36.8 Å². The van der Waals surface area contributed by atoms with Crippen LogP contribution in [0, 0.1) is 0 Å². The summed E-state index contributed by atoms with van der Waals surface area (Å²) in [5, 5.41) is 10.3. The van der Waals surface area contributed by atoms with Gasteiger partial charge in [0.05, 0.1) is 13.2 Å². The highest BCUT2D eigenvalue weighted by atomic mass is 31.2. The first-order valence-electron chi connectivity index (χ1n) is 8.83. The number of halogens is 2. The number of H-pyrrole nitrogens is 1. The molecule has 162 valence electrons. The second-order valence-electron chi connectivity index (χ2n) is 6.86. The van der Waals surface area contributed by atoms with E-state index in [2.05, 4.69) is 0 Å². The van der Waals surface area contributed by atoms with Gasteiger partial charge in [0.1, 0.15) is 11.9 Å². The minimum absolute atomic E-state index is 0.103. The van der Waals surface area contributed by atoms with Crippen molar-refractivity contribution in [3.8, 4) is 5.75 Å². The molecule has 3 heterocycles. The van der Waals surface area contributed by atoms with E-state index in [-0.39, 0.29) is 12.4 Å². The molecule has 13 heteroatoms. The third-order valence-electron chi connectivity index (χ3n) is 4.79. The lowest BCUT2D eigenvalue weighted by atomic mass is 10.0. The number of rotatable bonds is 5. The fourth-order valence-corrected chi connectivity index (χ4v) is 4.52. The van der Waals surface area contributed by atoms with Crippen LogP contribution in [0.4, 0.5) is 8.78 Å². The maximum absolute atomic E-state index is 13.9. The maximum Gasteiger partial charge on any atom is 0.530 e. The highest BCUT2D eigenvalue weighted by molar-refractivity contribution is 7.49. The van der Waals surface area contributed by atoms with E-state index in [1.165, 1.54) is 6.07 Å². The molecule has 1 saturated heterocycles. The largest absolute Gasteiger partial charge is 0.530 e. The van der Waals surface area contributed by atoms with E-state index in [4.69, 9.17) is 18.3 Å². The summed E-state index contributed by atoms with van der Waals surface area (Å²) in [5.41, 5.74) is -3.42. The zero-order chi connectivity index (χ0) is 21.5. The number of para-hydroxylation sites is 1. The fraction of sp³-hybridized carbons (Fsp3) is 0.412. The molecule has 0 radical (unpaired) electrons. The zero-order valence-corrected chi connectivity index (χ0v) is 16.2. The molecule has 0 saturated carbocycles. The van der Waals surface area contributed by atoms with Crippen LogP contribution in [0.15, 0.2) is 46.1 Å². The summed E-state index contributed by atoms with van der Waals surface area (Å²) in [6.45, 7) is -1.04. The molecule has 1 aromatic carbocycles. The number of nitrogens with one attached hydrogen (secondary N) is 1. The molecular formula is C17H17F2N2O8P. The van der Waals surface area contributed by atoms with Crippen molar-refractivity contribution in [2.24, 2.45) is 0 Å². The Balaban J connectivity index is 1.54. The Kier molecular flexibility index (Phi) is 5.37. The smallest absolute Gasteiger partial charge is 0.404 e. The molecule has 2 aliphatic heterocycles. The van der Waals surface area contributed by atoms with Crippen LogP contribution in [0.5, 0.6) is 5.75 Å². The number of nitrogens with zero attached hydrogens (tertiary/aromatic N) is 1. The molecule has 10 nitrogen and oxygen atoms in total. The summed E-state index contributed by atoms with van der Waals surface area (Å²) in [5.74, 6) is 0.239. The lowest BCUT2D eigenvalue weighted by molar-refractivity contribution is -0.171. The molecular weight excluding hydrogens is 429 g/mol. The van der Waals surface area contributed by atoms with Crippen LogP contribution in [-0.4, -0.2) is 39.4 Å². The normalized spacial score (nSPS) is 30.8. The quantitative estimate of drug-likeness (QED) is 0.662. The molecule has 2 N–H and O–H groups in total. The van der Waals surface area contributed by atoms with Gasteiger partial charge in [-0.25, -0.2) is 18.1 Å². The number of aliphatic hydroxyl groups is 1. The van der Waals surface area contributed by atoms with Gasteiger partial charge in [0.25, 0.3) is 12.0 Å². The Hall–Kier alpha value is -2.37. The third kappa shape index (κ3) is 3.84. The Morgan fingerprint density at radius 1 is 1.33 bits per heavy atom. The summed E-state index contributed by atoms with van der Waals surface area (Å²) in [4.78, 5) is 25.1. The number of aromatic amines is 1.